The number of hydrogen-bond donors (Lipinski definition) is 0. The Labute approximate surface area is 141 Å². The summed E-state index contributed by atoms with van der Waals surface area (Å²) in [5.74, 6) is 1.30. The molecular weight excluding hydrogens is 276 g/mol. The van der Waals surface area contributed by atoms with E-state index in [0.29, 0.717) is 11.8 Å². The summed E-state index contributed by atoms with van der Waals surface area (Å²) < 4.78 is 0. The Morgan fingerprint density at radius 3 is 2.78 bits per heavy atom. The molecule has 0 aromatic heterocycles. The summed E-state index contributed by atoms with van der Waals surface area (Å²) in [6, 6.07) is 8.95. The molecule has 0 amide bonds. The molecule has 2 unspecified atom stereocenters. The van der Waals surface area contributed by atoms with Crippen LogP contribution in [0.4, 0.5) is 0 Å². The van der Waals surface area contributed by atoms with E-state index in [0.717, 1.165) is 19.3 Å². The zero-order valence-electron chi connectivity index (χ0n) is 14.5. The van der Waals surface area contributed by atoms with E-state index in [9.17, 15) is 0 Å². The predicted octanol–water partition coefficient (Wildman–Crippen LogP) is 6.34. The number of hydrogen-bond acceptors (Lipinski definition) is 0. The Bertz CT molecular complexity index is 652. The van der Waals surface area contributed by atoms with Gasteiger partial charge in [-0.25, -0.2) is 0 Å². The number of rotatable bonds is 5. The lowest BCUT2D eigenvalue weighted by molar-refractivity contribution is 0.575. The Hall–Kier alpha value is -1.82. The van der Waals surface area contributed by atoms with Gasteiger partial charge in [-0.3, -0.25) is 0 Å². The van der Waals surface area contributed by atoms with Crippen molar-refractivity contribution in [1.82, 2.24) is 0 Å². The van der Waals surface area contributed by atoms with Crippen molar-refractivity contribution in [2.24, 2.45) is 11.8 Å². The Morgan fingerprint density at radius 2 is 2.00 bits per heavy atom. The average molecular weight is 304 g/mol. The topological polar surface area (TPSA) is 0 Å². The van der Waals surface area contributed by atoms with Gasteiger partial charge in [0, 0.05) is 5.92 Å². The van der Waals surface area contributed by atoms with Gasteiger partial charge in [-0.2, -0.15) is 0 Å². The first-order valence-electron chi connectivity index (χ1n) is 8.92. The van der Waals surface area contributed by atoms with Crippen LogP contribution >= 0.6 is 0 Å². The summed E-state index contributed by atoms with van der Waals surface area (Å²) >= 11 is 0. The molecule has 0 fully saturated rings. The molecule has 0 nitrogen and oxygen atoms in total. The van der Waals surface area contributed by atoms with Crippen LogP contribution in [-0.2, 0) is 6.42 Å². The fraction of sp³-hybridized carbons (Fsp3) is 0.391. The van der Waals surface area contributed by atoms with Crippen molar-refractivity contribution in [2.75, 3.05) is 0 Å². The summed E-state index contributed by atoms with van der Waals surface area (Å²) in [6.45, 7) is 8.90. The second-order valence-electron chi connectivity index (χ2n) is 7.30. The van der Waals surface area contributed by atoms with E-state index in [4.69, 9.17) is 0 Å². The van der Waals surface area contributed by atoms with Gasteiger partial charge in [0.05, 0.1) is 0 Å². The first-order valence-corrected chi connectivity index (χ1v) is 8.92. The van der Waals surface area contributed by atoms with Crippen LogP contribution in [0, 0.1) is 18.8 Å². The van der Waals surface area contributed by atoms with Gasteiger partial charge in [-0.05, 0) is 56.1 Å². The highest BCUT2D eigenvalue weighted by Gasteiger charge is 2.19. The third-order valence-electron chi connectivity index (χ3n) is 5.18. The Morgan fingerprint density at radius 1 is 1.22 bits per heavy atom. The lowest BCUT2D eigenvalue weighted by atomic mass is 9.90. The summed E-state index contributed by atoms with van der Waals surface area (Å²) in [6.07, 6.45) is 15.1. The third-order valence-corrected chi connectivity index (χ3v) is 5.18. The van der Waals surface area contributed by atoms with Crippen LogP contribution in [0.5, 0.6) is 0 Å². The molecule has 0 bridgehead atoms. The van der Waals surface area contributed by atoms with Gasteiger partial charge in [-0.15, -0.1) is 0 Å². The second-order valence-corrected chi connectivity index (χ2v) is 7.30. The van der Waals surface area contributed by atoms with Crippen LogP contribution in [0.1, 0.15) is 43.7 Å². The monoisotopic (exact) mass is 304 g/mol. The molecule has 0 N–H and O–H groups in total. The van der Waals surface area contributed by atoms with E-state index >= 15 is 0 Å². The van der Waals surface area contributed by atoms with Crippen molar-refractivity contribution in [1.29, 1.82) is 0 Å². The predicted molar refractivity (Wildman–Crippen MR) is 100 cm³/mol. The van der Waals surface area contributed by atoms with Gasteiger partial charge in [0.1, 0.15) is 0 Å². The minimum absolute atomic E-state index is 0.646. The fourth-order valence-corrected chi connectivity index (χ4v) is 3.78. The molecule has 0 aliphatic heterocycles. The van der Waals surface area contributed by atoms with E-state index in [1.807, 2.05) is 0 Å². The standard InChI is InChI=1S/C23H28/c1-17-7-9-20(10-8-17)16-18(2)15-19(3)21-11-13-22-5-4-6-23(22)14-12-21/h4-11,18,22H,3,12-16H2,1-2H3. The molecule has 0 heteroatoms. The maximum atomic E-state index is 4.40. The lowest BCUT2D eigenvalue weighted by Gasteiger charge is -2.16. The average Bonchev–Trinajstić information content (AvgIpc) is 2.88. The highest BCUT2D eigenvalue weighted by Crippen LogP contribution is 2.35. The molecule has 23 heavy (non-hydrogen) atoms. The molecule has 1 aromatic rings. The molecule has 2 atom stereocenters. The Kier molecular flexibility index (Phi) is 5.00. The lowest BCUT2D eigenvalue weighted by Crippen LogP contribution is -2.03. The van der Waals surface area contributed by atoms with Gasteiger partial charge >= 0.3 is 0 Å². The van der Waals surface area contributed by atoms with E-state index in [1.165, 1.54) is 35.1 Å². The molecule has 2 aliphatic rings. The molecule has 0 heterocycles. The molecule has 0 spiro atoms. The number of aryl methyl sites for hydroxylation is 1. The second kappa shape index (κ2) is 7.17. The van der Waals surface area contributed by atoms with E-state index < -0.39 is 0 Å². The summed E-state index contributed by atoms with van der Waals surface area (Å²) in [5.41, 5.74) is 7.24. The highest BCUT2D eigenvalue weighted by molar-refractivity contribution is 5.36. The first-order chi connectivity index (χ1) is 11.1. The van der Waals surface area contributed by atoms with Crippen molar-refractivity contribution in [2.45, 2.75) is 46.0 Å². The quantitative estimate of drug-likeness (QED) is 0.595. The highest BCUT2D eigenvalue weighted by atomic mass is 14.2. The van der Waals surface area contributed by atoms with Crippen LogP contribution < -0.4 is 0 Å². The molecule has 2 aliphatic carbocycles. The maximum absolute atomic E-state index is 4.40. The normalized spacial score (nSPS) is 21.2. The van der Waals surface area contributed by atoms with E-state index in [1.54, 1.807) is 5.57 Å². The first kappa shape index (κ1) is 16.1. The molecule has 1 aromatic carbocycles. The Balaban J connectivity index is 1.56. The third kappa shape index (κ3) is 4.13. The summed E-state index contributed by atoms with van der Waals surface area (Å²) in [7, 11) is 0. The maximum Gasteiger partial charge on any atom is 0.00178 e. The molecule has 120 valence electrons. The molecule has 0 radical (unpaired) electrons. The summed E-state index contributed by atoms with van der Waals surface area (Å²) in [4.78, 5) is 0. The minimum atomic E-state index is 0.646. The molecule has 0 saturated carbocycles. The minimum Gasteiger partial charge on any atom is -0.0956 e. The van der Waals surface area contributed by atoms with Crippen molar-refractivity contribution in [3.05, 3.63) is 83.0 Å². The van der Waals surface area contributed by atoms with Crippen LogP contribution in [0.15, 0.2) is 71.9 Å². The van der Waals surface area contributed by atoms with Crippen molar-refractivity contribution < 1.29 is 0 Å². The largest absolute Gasteiger partial charge is 0.0956 e. The SMILES string of the molecule is C=C(CC(C)Cc1ccc(C)cc1)C1=CCC2C=CC=C2CC1. The number of fused-ring (bicyclic) bond motifs is 1. The van der Waals surface area contributed by atoms with Crippen LogP contribution in [-0.4, -0.2) is 0 Å². The van der Waals surface area contributed by atoms with Crippen LogP contribution in [0.25, 0.3) is 0 Å². The van der Waals surface area contributed by atoms with Gasteiger partial charge in [0.15, 0.2) is 0 Å². The van der Waals surface area contributed by atoms with Gasteiger partial charge in [0.2, 0.25) is 0 Å². The van der Waals surface area contributed by atoms with Gasteiger partial charge < -0.3 is 0 Å². The van der Waals surface area contributed by atoms with Crippen LogP contribution in [0.3, 0.4) is 0 Å². The van der Waals surface area contributed by atoms with E-state index in [2.05, 4.69) is 69.0 Å². The van der Waals surface area contributed by atoms with E-state index in [-0.39, 0.29) is 0 Å². The summed E-state index contributed by atoms with van der Waals surface area (Å²) in [5, 5.41) is 0. The zero-order chi connectivity index (χ0) is 16.2. The van der Waals surface area contributed by atoms with Crippen molar-refractivity contribution in [3.8, 4) is 0 Å². The van der Waals surface area contributed by atoms with Gasteiger partial charge in [0.25, 0.3) is 0 Å². The fourth-order valence-electron chi connectivity index (χ4n) is 3.78. The number of benzene rings is 1. The molecular formula is C23H28. The van der Waals surface area contributed by atoms with Gasteiger partial charge in [-0.1, -0.05) is 78.8 Å². The van der Waals surface area contributed by atoms with Crippen molar-refractivity contribution >= 4 is 0 Å². The number of allylic oxidation sites excluding steroid dienone is 7. The molecule has 0 saturated heterocycles. The molecule has 3 rings (SSSR count). The van der Waals surface area contributed by atoms with Crippen LogP contribution in [0.2, 0.25) is 0 Å². The zero-order valence-corrected chi connectivity index (χ0v) is 14.5. The van der Waals surface area contributed by atoms with Crippen molar-refractivity contribution in [3.63, 3.8) is 0 Å². The smallest absolute Gasteiger partial charge is 0.00178 e.